The van der Waals surface area contributed by atoms with Gasteiger partial charge in [-0.3, -0.25) is 4.90 Å². The molecule has 23 heavy (non-hydrogen) atoms. The van der Waals surface area contributed by atoms with E-state index in [1.54, 1.807) is 0 Å². The molecule has 1 saturated heterocycles. The van der Waals surface area contributed by atoms with Crippen molar-refractivity contribution in [3.8, 4) is 0 Å². The lowest BCUT2D eigenvalue weighted by atomic mass is 10.0. The molecular formula is C19H32N4. The molecule has 1 atom stereocenters. The number of rotatable bonds is 7. The van der Waals surface area contributed by atoms with Gasteiger partial charge >= 0.3 is 0 Å². The van der Waals surface area contributed by atoms with Crippen LogP contribution < -0.4 is 11.1 Å². The van der Waals surface area contributed by atoms with Crippen LogP contribution in [0, 0.1) is 0 Å². The molecule has 4 heteroatoms. The second kappa shape index (κ2) is 9.56. The van der Waals surface area contributed by atoms with Crippen molar-refractivity contribution < 1.29 is 0 Å². The average Bonchev–Trinajstić information content (AvgIpc) is 2.56. The van der Waals surface area contributed by atoms with Crippen molar-refractivity contribution in [3.63, 3.8) is 0 Å². The first kappa shape index (κ1) is 17.8. The molecule has 128 valence electrons. The van der Waals surface area contributed by atoms with Crippen molar-refractivity contribution in [3.05, 3.63) is 35.4 Å². The lowest BCUT2D eigenvalue weighted by Gasteiger charge is -2.33. The Kier molecular flexibility index (Phi) is 7.40. The minimum absolute atomic E-state index is 0.555. The second-order valence-electron chi connectivity index (χ2n) is 6.57. The maximum absolute atomic E-state index is 5.95. The molecule has 0 radical (unpaired) electrons. The molecule has 1 heterocycles. The number of benzene rings is 1. The first-order valence-corrected chi connectivity index (χ1v) is 9.05. The maximum atomic E-state index is 5.95. The van der Waals surface area contributed by atoms with Crippen molar-refractivity contribution in [2.24, 2.45) is 10.7 Å². The van der Waals surface area contributed by atoms with Gasteiger partial charge in [0.2, 0.25) is 0 Å². The Labute approximate surface area is 141 Å². The van der Waals surface area contributed by atoms with E-state index >= 15 is 0 Å². The molecule has 0 aromatic heterocycles. The van der Waals surface area contributed by atoms with Crippen molar-refractivity contribution in [2.45, 2.75) is 65.1 Å². The zero-order chi connectivity index (χ0) is 16.5. The van der Waals surface area contributed by atoms with E-state index in [2.05, 4.69) is 53.3 Å². The van der Waals surface area contributed by atoms with Crippen LogP contribution >= 0.6 is 0 Å². The van der Waals surface area contributed by atoms with E-state index in [-0.39, 0.29) is 0 Å². The predicted octanol–water partition coefficient (Wildman–Crippen LogP) is 3.27. The normalized spacial score (nSPS) is 19.7. The third-order valence-electron chi connectivity index (χ3n) is 4.69. The van der Waals surface area contributed by atoms with Crippen LogP contribution in [0.2, 0.25) is 0 Å². The van der Waals surface area contributed by atoms with Crippen molar-refractivity contribution in [1.82, 2.24) is 10.2 Å². The van der Waals surface area contributed by atoms with Crippen LogP contribution in [-0.4, -0.2) is 30.0 Å². The summed E-state index contributed by atoms with van der Waals surface area (Å²) in [6.07, 6.45) is 6.29. The Hall–Kier alpha value is -1.55. The van der Waals surface area contributed by atoms with Gasteiger partial charge in [-0.05, 0) is 43.9 Å². The standard InChI is InChI=1S/C19H32N4/c1-3-4-12-21-19(20)22-14-17-10-5-6-11-18(17)15-23-13-8-7-9-16(23)2/h5-6,10-11,16H,3-4,7-9,12-15H2,1-2H3,(H3,20,21,22). The van der Waals surface area contributed by atoms with E-state index in [0.717, 1.165) is 25.9 Å². The van der Waals surface area contributed by atoms with Crippen LogP contribution in [0.25, 0.3) is 0 Å². The Balaban J connectivity index is 1.95. The zero-order valence-corrected chi connectivity index (χ0v) is 14.7. The molecule has 2 rings (SSSR count). The van der Waals surface area contributed by atoms with Crippen LogP contribution in [0.1, 0.15) is 57.1 Å². The van der Waals surface area contributed by atoms with Gasteiger partial charge in [0.05, 0.1) is 6.54 Å². The number of likely N-dealkylation sites (tertiary alicyclic amines) is 1. The number of nitrogens with zero attached hydrogens (tertiary/aromatic N) is 2. The number of nitrogens with one attached hydrogen (secondary N) is 1. The average molecular weight is 316 g/mol. The van der Waals surface area contributed by atoms with Crippen LogP contribution in [0.4, 0.5) is 0 Å². The Bertz CT molecular complexity index is 498. The predicted molar refractivity (Wildman–Crippen MR) is 98.4 cm³/mol. The van der Waals surface area contributed by atoms with Gasteiger partial charge < -0.3 is 11.1 Å². The number of nitrogens with two attached hydrogens (primary N) is 1. The Morgan fingerprint density at radius 1 is 1.30 bits per heavy atom. The molecule has 1 aromatic carbocycles. The van der Waals surface area contributed by atoms with Crippen LogP contribution in [0.15, 0.2) is 29.3 Å². The molecule has 1 aromatic rings. The molecule has 3 N–H and O–H groups in total. The molecule has 0 bridgehead atoms. The van der Waals surface area contributed by atoms with Crippen molar-refractivity contribution in [1.29, 1.82) is 0 Å². The van der Waals surface area contributed by atoms with Gasteiger partial charge in [0, 0.05) is 19.1 Å². The molecule has 1 unspecified atom stereocenters. The molecular weight excluding hydrogens is 284 g/mol. The number of piperidine rings is 1. The van der Waals surface area contributed by atoms with E-state index in [0.29, 0.717) is 18.5 Å². The Morgan fingerprint density at radius 2 is 2.09 bits per heavy atom. The summed E-state index contributed by atoms with van der Waals surface area (Å²) in [4.78, 5) is 7.10. The lowest BCUT2D eigenvalue weighted by molar-refractivity contribution is 0.152. The zero-order valence-electron chi connectivity index (χ0n) is 14.7. The largest absolute Gasteiger partial charge is 0.370 e. The van der Waals surface area contributed by atoms with Crippen LogP contribution in [-0.2, 0) is 13.1 Å². The van der Waals surface area contributed by atoms with Crippen LogP contribution in [0.5, 0.6) is 0 Å². The summed E-state index contributed by atoms with van der Waals surface area (Å²) < 4.78 is 0. The van der Waals surface area contributed by atoms with E-state index in [1.807, 2.05) is 0 Å². The monoisotopic (exact) mass is 316 g/mol. The summed E-state index contributed by atoms with van der Waals surface area (Å²) in [5.74, 6) is 0.555. The fourth-order valence-corrected chi connectivity index (χ4v) is 3.10. The highest BCUT2D eigenvalue weighted by molar-refractivity contribution is 5.77. The highest BCUT2D eigenvalue weighted by atomic mass is 15.2. The molecule has 4 nitrogen and oxygen atoms in total. The highest BCUT2D eigenvalue weighted by Gasteiger charge is 2.18. The minimum atomic E-state index is 0.555. The van der Waals surface area contributed by atoms with Crippen LogP contribution in [0.3, 0.4) is 0 Å². The Morgan fingerprint density at radius 3 is 2.83 bits per heavy atom. The van der Waals surface area contributed by atoms with Gasteiger partial charge in [-0.25, -0.2) is 4.99 Å². The number of aliphatic imine (C=N–C) groups is 1. The topological polar surface area (TPSA) is 53.6 Å². The third-order valence-corrected chi connectivity index (χ3v) is 4.69. The summed E-state index contributed by atoms with van der Waals surface area (Å²) in [6.45, 7) is 8.31. The van der Waals surface area contributed by atoms with E-state index < -0.39 is 0 Å². The molecule has 0 spiro atoms. The van der Waals surface area contributed by atoms with Gasteiger partial charge in [-0.15, -0.1) is 0 Å². The number of unbranched alkanes of at least 4 members (excludes halogenated alkanes) is 1. The molecule has 0 aliphatic carbocycles. The van der Waals surface area contributed by atoms with E-state index in [1.165, 1.54) is 36.9 Å². The first-order chi connectivity index (χ1) is 11.2. The number of hydrogen-bond acceptors (Lipinski definition) is 2. The maximum Gasteiger partial charge on any atom is 0.188 e. The summed E-state index contributed by atoms with van der Waals surface area (Å²) in [5, 5.41) is 3.18. The molecule has 1 fully saturated rings. The molecule has 1 aliphatic rings. The van der Waals surface area contributed by atoms with Gasteiger partial charge in [-0.2, -0.15) is 0 Å². The van der Waals surface area contributed by atoms with E-state index in [9.17, 15) is 0 Å². The highest BCUT2D eigenvalue weighted by Crippen LogP contribution is 2.21. The smallest absolute Gasteiger partial charge is 0.188 e. The van der Waals surface area contributed by atoms with Crippen molar-refractivity contribution in [2.75, 3.05) is 13.1 Å². The van der Waals surface area contributed by atoms with E-state index in [4.69, 9.17) is 5.73 Å². The SMILES string of the molecule is CCCCNC(N)=NCc1ccccc1CN1CCCCC1C. The summed E-state index contributed by atoms with van der Waals surface area (Å²) in [5.41, 5.74) is 8.61. The second-order valence-corrected chi connectivity index (χ2v) is 6.57. The van der Waals surface area contributed by atoms with Crippen molar-refractivity contribution >= 4 is 5.96 Å². The molecule has 0 saturated carbocycles. The summed E-state index contributed by atoms with van der Waals surface area (Å²) in [6, 6.07) is 9.30. The molecule has 0 amide bonds. The van der Waals surface area contributed by atoms with Gasteiger partial charge in [-0.1, -0.05) is 44.0 Å². The summed E-state index contributed by atoms with van der Waals surface area (Å²) >= 11 is 0. The quantitative estimate of drug-likeness (QED) is 0.461. The fraction of sp³-hybridized carbons (Fsp3) is 0.632. The third kappa shape index (κ3) is 5.87. The molecule has 1 aliphatic heterocycles. The first-order valence-electron chi connectivity index (χ1n) is 9.05. The van der Waals surface area contributed by atoms with Gasteiger partial charge in [0.15, 0.2) is 5.96 Å². The number of guanidine groups is 1. The minimum Gasteiger partial charge on any atom is -0.370 e. The number of hydrogen-bond donors (Lipinski definition) is 2. The van der Waals surface area contributed by atoms with Gasteiger partial charge in [0.25, 0.3) is 0 Å². The van der Waals surface area contributed by atoms with Gasteiger partial charge in [0.1, 0.15) is 0 Å². The lowest BCUT2D eigenvalue weighted by Crippen LogP contribution is -2.37. The fourth-order valence-electron chi connectivity index (χ4n) is 3.10. The summed E-state index contributed by atoms with van der Waals surface area (Å²) in [7, 11) is 0.